The molecule has 1 aliphatic carbocycles. The molecule has 8 nitrogen and oxygen atoms in total. The molecule has 4 aromatic rings. The number of hydrogen-bond donors (Lipinski definition) is 1. The fourth-order valence-corrected chi connectivity index (χ4v) is 4.88. The Morgan fingerprint density at radius 2 is 1.97 bits per heavy atom. The number of rotatable bonds is 6. The van der Waals surface area contributed by atoms with E-state index in [2.05, 4.69) is 20.0 Å². The quantitative estimate of drug-likeness (QED) is 0.495. The number of nitrogens with zero attached hydrogens (tertiary/aromatic N) is 6. The van der Waals surface area contributed by atoms with Gasteiger partial charge in [0.05, 0.1) is 5.69 Å². The number of benzene rings is 1. The first kappa shape index (κ1) is 20.1. The van der Waals surface area contributed by atoms with E-state index in [4.69, 9.17) is 10.1 Å². The first-order valence-electron chi connectivity index (χ1n) is 11.8. The van der Waals surface area contributed by atoms with Gasteiger partial charge in [0.2, 0.25) is 5.78 Å². The highest BCUT2D eigenvalue weighted by molar-refractivity contribution is 5.94. The van der Waals surface area contributed by atoms with E-state index in [1.807, 2.05) is 37.4 Å². The van der Waals surface area contributed by atoms with Gasteiger partial charge in [-0.3, -0.25) is 9.20 Å². The van der Waals surface area contributed by atoms with Crippen LogP contribution in [-0.4, -0.2) is 35.0 Å². The lowest BCUT2D eigenvalue weighted by Crippen LogP contribution is -2.25. The Kier molecular flexibility index (Phi) is 4.93. The van der Waals surface area contributed by atoms with Crippen molar-refractivity contribution in [2.24, 2.45) is 11.8 Å². The minimum atomic E-state index is -0.148. The molecule has 8 heteroatoms. The molecule has 0 bridgehead atoms. The van der Waals surface area contributed by atoms with Crippen LogP contribution in [0.3, 0.4) is 0 Å². The highest BCUT2D eigenvalue weighted by Crippen LogP contribution is 2.41. The molecule has 1 saturated carbocycles. The summed E-state index contributed by atoms with van der Waals surface area (Å²) in [5.74, 6) is 4.02. The predicted octanol–water partition coefficient (Wildman–Crippen LogP) is 3.45. The Bertz CT molecular complexity index is 1320. The summed E-state index contributed by atoms with van der Waals surface area (Å²) in [7, 11) is 0. The van der Waals surface area contributed by atoms with Crippen molar-refractivity contribution in [3.8, 4) is 11.4 Å². The molecule has 4 heterocycles. The molecule has 0 spiro atoms. The van der Waals surface area contributed by atoms with Crippen LogP contribution in [-0.2, 0) is 25.9 Å². The van der Waals surface area contributed by atoms with Crippen molar-refractivity contribution in [1.29, 1.82) is 0 Å². The van der Waals surface area contributed by atoms with Crippen molar-refractivity contribution >= 4 is 11.7 Å². The molecule has 3 aromatic heterocycles. The van der Waals surface area contributed by atoms with E-state index in [1.54, 1.807) is 16.7 Å². The van der Waals surface area contributed by atoms with Crippen LogP contribution in [0.15, 0.2) is 42.7 Å². The standard InChI is InChI=1S/C25H27N7O/c1-2-20-22(31-12-3-11-26-25(31)28-20)24(33)27-15-16-4-6-18(7-5-16)23-29-21-14-19(17-8-9-17)10-13-32(21)30-23/h3-7,11-12,17,19H,2,8-10,13-15H2,1H3,(H,27,33). The fraction of sp³-hybridized carbons (Fsp3) is 0.400. The first-order chi connectivity index (χ1) is 16.2. The number of imidazole rings is 1. The van der Waals surface area contributed by atoms with E-state index < -0.39 is 0 Å². The predicted molar refractivity (Wildman–Crippen MR) is 124 cm³/mol. The lowest BCUT2D eigenvalue weighted by atomic mass is 9.93. The highest BCUT2D eigenvalue weighted by atomic mass is 16.1. The molecule has 6 rings (SSSR count). The Morgan fingerprint density at radius 1 is 1.12 bits per heavy atom. The summed E-state index contributed by atoms with van der Waals surface area (Å²) < 4.78 is 3.83. The molecule has 2 aliphatic rings. The Hall–Kier alpha value is -3.55. The SMILES string of the molecule is CCc1nc2ncccn2c1C(=O)NCc1ccc(-c2nc3n(n2)CCC(C2CC2)C3)cc1. The Labute approximate surface area is 192 Å². The summed E-state index contributed by atoms with van der Waals surface area (Å²) in [6, 6.07) is 9.93. The zero-order valence-electron chi connectivity index (χ0n) is 18.7. The number of nitrogens with one attached hydrogen (secondary N) is 1. The van der Waals surface area contributed by atoms with Gasteiger partial charge in [0.1, 0.15) is 11.5 Å². The molecule has 0 radical (unpaired) electrons. The number of fused-ring (bicyclic) bond motifs is 2. The molecule has 1 aliphatic heterocycles. The van der Waals surface area contributed by atoms with E-state index >= 15 is 0 Å². The first-order valence-corrected chi connectivity index (χ1v) is 11.8. The summed E-state index contributed by atoms with van der Waals surface area (Å²) in [4.78, 5) is 26.5. The summed E-state index contributed by atoms with van der Waals surface area (Å²) in [5, 5.41) is 7.77. The Morgan fingerprint density at radius 3 is 2.76 bits per heavy atom. The van der Waals surface area contributed by atoms with Crippen LogP contribution < -0.4 is 5.32 Å². The monoisotopic (exact) mass is 441 g/mol. The second-order valence-corrected chi connectivity index (χ2v) is 9.10. The molecule has 1 fully saturated rings. The number of carbonyl (C=O) groups is 1. The van der Waals surface area contributed by atoms with Crippen molar-refractivity contribution in [1.82, 2.24) is 34.4 Å². The van der Waals surface area contributed by atoms with Crippen molar-refractivity contribution < 1.29 is 4.79 Å². The van der Waals surface area contributed by atoms with E-state index in [-0.39, 0.29) is 5.91 Å². The summed E-state index contributed by atoms with van der Waals surface area (Å²) in [6.45, 7) is 3.41. The van der Waals surface area contributed by atoms with Crippen LogP contribution >= 0.6 is 0 Å². The number of hydrogen-bond acceptors (Lipinski definition) is 5. The molecular formula is C25H27N7O. The van der Waals surface area contributed by atoms with Gasteiger partial charge in [0.25, 0.3) is 5.91 Å². The minimum Gasteiger partial charge on any atom is -0.347 e. The third-order valence-electron chi connectivity index (χ3n) is 6.88. The smallest absolute Gasteiger partial charge is 0.270 e. The van der Waals surface area contributed by atoms with Gasteiger partial charge in [0.15, 0.2) is 5.82 Å². The van der Waals surface area contributed by atoms with Gasteiger partial charge in [-0.05, 0) is 49.1 Å². The van der Waals surface area contributed by atoms with Gasteiger partial charge >= 0.3 is 0 Å². The van der Waals surface area contributed by atoms with E-state index in [9.17, 15) is 4.79 Å². The van der Waals surface area contributed by atoms with Crippen LogP contribution in [0.25, 0.3) is 17.2 Å². The van der Waals surface area contributed by atoms with Crippen molar-refractivity contribution in [3.05, 3.63) is 65.5 Å². The second-order valence-electron chi connectivity index (χ2n) is 9.10. The molecule has 168 valence electrons. The van der Waals surface area contributed by atoms with E-state index in [0.29, 0.717) is 24.4 Å². The van der Waals surface area contributed by atoms with Gasteiger partial charge in [-0.25, -0.2) is 19.6 Å². The highest BCUT2D eigenvalue weighted by Gasteiger charge is 2.34. The summed E-state index contributed by atoms with van der Waals surface area (Å²) >= 11 is 0. The van der Waals surface area contributed by atoms with Crippen molar-refractivity contribution in [2.75, 3.05) is 0 Å². The van der Waals surface area contributed by atoms with Gasteiger partial charge in [-0.15, -0.1) is 0 Å². The maximum atomic E-state index is 12.9. The maximum absolute atomic E-state index is 12.9. The fourth-order valence-electron chi connectivity index (χ4n) is 4.88. The van der Waals surface area contributed by atoms with E-state index in [0.717, 1.165) is 53.3 Å². The van der Waals surface area contributed by atoms with Gasteiger partial charge in [-0.1, -0.05) is 31.2 Å². The number of aryl methyl sites for hydroxylation is 2. The van der Waals surface area contributed by atoms with Gasteiger partial charge < -0.3 is 5.32 Å². The molecule has 1 N–H and O–H groups in total. The topological polar surface area (TPSA) is 90.0 Å². The maximum Gasteiger partial charge on any atom is 0.270 e. The normalized spacial score (nSPS) is 17.8. The van der Waals surface area contributed by atoms with Gasteiger partial charge in [0, 0.05) is 37.5 Å². The number of amides is 1. The number of aromatic nitrogens is 6. The molecule has 1 aromatic carbocycles. The van der Waals surface area contributed by atoms with E-state index in [1.165, 1.54) is 19.3 Å². The van der Waals surface area contributed by atoms with Crippen molar-refractivity contribution in [3.63, 3.8) is 0 Å². The number of carbonyl (C=O) groups excluding carboxylic acids is 1. The van der Waals surface area contributed by atoms with Crippen LogP contribution in [0.1, 0.15) is 53.8 Å². The zero-order valence-corrected chi connectivity index (χ0v) is 18.7. The molecule has 1 amide bonds. The summed E-state index contributed by atoms with van der Waals surface area (Å²) in [6.07, 6.45) is 9.23. The lowest BCUT2D eigenvalue weighted by Gasteiger charge is -2.21. The molecule has 1 unspecified atom stereocenters. The Balaban J connectivity index is 1.14. The third kappa shape index (κ3) is 3.79. The molecule has 33 heavy (non-hydrogen) atoms. The average molecular weight is 442 g/mol. The zero-order chi connectivity index (χ0) is 22.4. The molecule has 1 atom stereocenters. The molecular weight excluding hydrogens is 414 g/mol. The van der Waals surface area contributed by atoms with Crippen LogP contribution in [0.2, 0.25) is 0 Å². The third-order valence-corrected chi connectivity index (χ3v) is 6.88. The van der Waals surface area contributed by atoms with Crippen LogP contribution in [0, 0.1) is 11.8 Å². The average Bonchev–Trinajstić information content (AvgIpc) is 3.50. The van der Waals surface area contributed by atoms with Crippen LogP contribution in [0.4, 0.5) is 0 Å². The van der Waals surface area contributed by atoms with Gasteiger partial charge in [-0.2, -0.15) is 5.10 Å². The van der Waals surface area contributed by atoms with Crippen LogP contribution in [0.5, 0.6) is 0 Å². The minimum absolute atomic E-state index is 0.148. The second kappa shape index (κ2) is 8.10. The summed E-state index contributed by atoms with van der Waals surface area (Å²) in [5.41, 5.74) is 3.33. The largest absolute Gasteiger partial charge is 0.347 e. The van der Waals surface area contributed by atoms with Crippen molar-refractivity contribution in [2.45, 2.75) is 52.1 Å². The lowest BCUT2D eigenvalue weighted by molar-refractivity contribution is 0.0944. The molecule has 0 saturated heterocycles.